The molecule has 1 aromatic rings. The Hall–Kier alpha value is -1.79. The van der Waals surface area contributed by atoms with Crippen LogP contribution in [0, 0.1) is 17.8 Å². The summed E-state index contributed by atoms with van der Waals surface area (Å²) in [5.41, 5.74) is 3.06. The number of terminal acetylenes is 1. The van der Waals surface area contributed by atoms with E-state index in [1.165, 1.54) is 5.56 Å². The first-order chi connectivity index (χ1) is 9.61. The number of aliphatic hydroxyl groups is 1. The van der Waals surface area contributed by atoms with Crippen LogP contribution in [0.4, 0.5) is 0 Å². The topological polar surface area (TPSA) is 37.3 Å². The van der Waals surface area contributed by atoms with E-state index in [0.29, 0.717) is 12.0 Å². The molecule has 100 valence electrons. The summed E-state index contributed by atoms with van der Waals surface area (Å²) in [5, 5.41) is 9.22. The van der Waals surface area contributed by atoms with Crippen molar-refractivity contribution in [1.82, 2.24) is 0 Å². The molecule has 0 spiro atoms. The van der Waals surface area contributed by atoms with E-state index in [2.05, 4.69) is 27.9 Å². The highest BCUT2D eigenvalue weighted by Crippen LogP contribution is 2.52. The van der Waals surface area contributed by atoms with E-state index in [-0.39, 0.29) is 5.78 Å². The Morgan fingerprint density at radius 1 is 1.45 bits per heavy atom. The van der Waals surface area contributed by atoms with Crippen LogP contribution in [0.2, 0.25) is 0 Å². The molecule has 1 N–H and O–H groups in total. The van der Waals surface area contributed by atoms with Crippen molar-refractivity contribution in [1.29, 1.82) is 0 Å². The predicted molar refractivity (Wildman–Crippen MR) is 82.0 cm³/mol. The van der Waals surface area contributed by atoms with Crippen LogP contribution in [0.5, 0.6) is 0 Å². The number of ketones is 1. The van der Waals surface area contributed by atoms with Crippen LogP contribution in [0.25, 0.3) is 5.57 Å². The van der Waals surface area contributed by atoms with Crippen LogP contribution < -0.4 is 0 Å². The first-order valence-corrected chi connectivity index (χ1v) is 7.26. The van der Waals surface area contributed by atoms with Gasteiger partial charge in [0, 0.05) is 10.0 Å². The fourth-order valence-electron chi connectivity index (χ4n) is 3.14. The van der Waals surface area contributed by atoms with Gasteiger partial charge in [-0.1, -0.05) is 34.0 Å². The molecular weight excluding hydrogens is 316 g/mol. The highest BCUT2D eigenvalue weighted by molar-refractivity contribution is 9.10. The van der Waals surface area contributed by atoms with Crippen molar-refractivity contribution in [2.24, 2.45) is 5.41 Å². The molecule has 0 fully saturated rings. The van der Waals surface area contributed by atoms with Gasteiger partial charge in [0.2, 0.25) is 0 Å². The standard InChI is InChI=1S/C17H13BrO2/c1-2-17-7-6-11-4-3-5-14(18)16(11)13(17)8-15(20)12(9-17)10-19/h1,3-5,8,10,19H,6-7,9H2. The van der Waals surface area contributed by atoms with Gasteiger partial charge in [-0.25, -0.2) is 0 Å². The molecule has 0 aliphatic heterocycles. The summed E-state index contributed by atoms with van der Waals surface area (Å²) in [6.07, 6.45) is 10.4. The Kier molecular flexibility index (Phi) is 3.07. The smallest absolute Gasteiger partial charge is 0.185 e. The first-order valence-electron chi connectivity index (χ1n) is 6.46. The number of carbonyl (C=O) groups excluding carboxylic acids is 1. The fourth-order valence-corrected chi connectivity index (χ4v) is 3.76. The molecular formula is C17H13BrO2. The Bertz CT molecular complexity index is 706. The molecule has 0 bridgehead atoms. The largest absolute Gasteiger partial charge is 0.515 e. The summed E-state index contributed by atoms with van der Waals surface area (Å²) < 4.78 is 0.963. The van der Waals surface area contributed by atoms with Crippen LogP contribution in [0.3, 0.4) is 0 Å². The minimum absolute atomic E-state index is 0.156. The summed E-state index contributed by atoms with van der Waals surface area (Å²) >= 11 is 3.56. The third-order valence-corrected chi connectivity index (χ3v) is 4.88. The minimum atomic E-state index is -0.487. The van der Waals surface area contributed by atoms with Crippen molar-refractivity contribution in [3.05, 3.63) is 51.7 Å². The third kappa shape index (κ3) is 1.76. The van der Waals surface area contributed by atoms with Crippen LogP contribution in [0.1, 0.15) is 24.0 Å². The van der Waals surface area contributed by atoms with Crippen molar-refractivity contribution in [2.45, 2.75) is 19.3 Å². The molecule has 3 heteroatoms. The second kappa shape index (κ2) is 4.64. The maximum Gasteiger partial charge on any atom is 0.185 e. The lowest BCUT2D eigenvalue weighted by molar-refractivity contribution is -0.112. The van der Waals surface area contributed by atoms with E-state index in [1.54, 1.807) is 6.08 Å². The molecule has 3 rings (SSSR count). The average molecular weight is 329 g/mol. The molecule has 1 atom stereocenters. The maximum atomic E-state index is 12.1. The highest BCUT2D eigenvalue weighted by Gasteiger charge is 2.43. The first kappa shape index (κ1) is 13.2. The van der Waals surface area contributed by atoms with E-state index < -0.39 is 5.41 Å². The monoisotopic (exact) mass is 328 g/mol. The summed E-state index contributed by atoms with van der Waals surface area (Å²) in [4.78, 5) is 12.1. The van der Waals surface area contributed by atoms with Crippen LogP contribution >= 0.6 is 15.9 Å². The van der Waals surface area contributed by atoms with Gasteiger partial charge in [-0.2, -0.15) is 0 Å². The van der Waals surface area contributed by atoms with Gasteiger partial charge in [-0.05, 0) is 48.1 Å². The highest BCUT2D eigenvalue weighted by atomic mass is 79.9. The Balaban J connectivity index is 2.28. The van der Waals surface area contributed by atoms with Gasteiger partial charge in [-0.15, -0.1) is 6.42 Å². The average Bonchev–Trinajstić information content (AvgIpc) is 2.47. The Morgan fingerprint density at radius 3 is 2.95 bits per heavy atom. The zero-order valence-electron chi connectivity index (χ0n) is 10.8. The van der Waals surface area contributed by atoms with Gasteiger partial charge < -0.3 is 5.11 Å². The zero-order chi connectivity index (χ0) is 14.3. The summed E-state index contributed by atoms with van der Waals surface area (Å²) in [5.74, 6) is 2.72. The number of hydrogen-bond acceptors (Lipinski definition) is 2. The fraction of sp³-hybridized carbons (Fsp3) is 0.235. The molecule has 0 heterocycles. The van der Waals surface area contributed by atoms with Gasteiger partial charge in [0.25, 0.3) is 0 Å². The number of fused-ring (bicyclic) bond motifs is 3. The van der Waals surface area contributed by atoms with E-state index >= 15 is 0 Å². The molecule has 1 aromatic carbocycles. The lowest BCUT2D eigenvalue weighted by atomic mass is 9.62. The van der Waals surface area contributed by atoms with Gasteiger partial charge >= 0.3 is 0 Å². The van der Waals surface area contributed by atoms with Crippen molar-refractivity contribution in [2.75, 3.05) is 0 Å². The molecule has 2 aliphatic rings. The molecule has 2 nitrogen and oxygen atoms in total. The molecule has 0 saturated heterocycles. The second-order valence-electron chi connectivity index (χ2n) is 5.25. The second-order valence-corrected chi connectivity index (χ2v) is 6.11. The minimum Gasteiger partial charge on any atom is -0.515 e. The molecule has 0 saturated carbocycles. The number of halogens is 1. The molecule has 0 radical (unpaired) electrons. The van der Waals surface area contributed by atoms with E-state index in [1.807, 2.05) is 12.1 Å². The number of carbonyl (C=O) groups is 1. The van der Waals surface area contributed by atoms with Crippen LogP contribution in [-0.2, 0) is 11.2 Å². The van der Waals surface area contributed by atoms with Crippen molar-refractivity contribution in [3.8, 4) is 12.3 Å². The zero-order valence-corrected chi connectivity index (χ0v) is 12.4. The van der Waals surface area contributed by atoms with Gasteiger partial charge in [0.15, 0.2) is 5.78 Å². The number of allylic oxidation sites excluding steroid dienone is 3. The molecule has 0 aromatic heterocycles. The van der Waals surface area contributed by atoms with E-state index in [9.17, 15) is 9.90 Å². The lowest BCUT2D eigenvalue weighted by Gasteiger charge is -2.39. The van der Waals surface area contributed by atoms with Crippen molar-refractivity contribution < 1.29 is 9.90 Å². The predicted octanol–water partition coefficient (Wildman–Crippen LogP) is 3.81. The molecule has 20 heavy (non-hydrogen) atoms. The summed E-state index contributed by atoms with van der Waals surface area (Å²) in [7, 11) is 0. The number of hydrogen-bond donors (Lipinski definition) is 1. The third-order valence-electron chi connectivity index (χ3n) is 4.22. The number of aryl methyl sites for hydroxylation is 1. The van der Waals surface area contributed by atoms with Gasteiger partial charge in [0.1, 0.15) is 0 Å². The lowest BCUT2D eigenvalue weighted by Crippen LogP contribution is -2.32. The summed E-state index contributed by atoms with van der Waals surface area (Å²) in [6.45, 7) is 0. The number of benzene rings is 1. The molecule has 2 aliphatic carbocycles. The quantitative estimate of drug-likeness (QED) is 0.446. The maximum absolute atomic E-state index is 12.1. The van der Waals surface area contributed by atoms with E-state index in [4.69, 9.17) is 6.42 Å². The van der Waals surface area contributed by atoms with Crippen LogP contribution in [-0.4, -0.2) is 10.9 Å². The van der Waals surface area contributed by atoms with Gasteiger partial charge in [0.05, 0.1) is 11.7 Å². The normalized spacial score (nSPS) is 26.5. The van der Waals surface area contributed by atoms with E-state index in [0.717, 1.165) is 34.7 Å². The Labute approximate surface area is 126 Å². The van der Waals surface area contributed by atoms with Crippen molar-refractivity contribution in [3.63, 3.8) is 0 Å². The SMILES string of the molecule is C#CC12CCc3cccc(Br)c3C1=CC(=O)C(=CO)C2. The van der Waals surface area contributed by atoms with Crippen LogP contribution in [0.15, 0.2) is 40.6 Å². The number of aliphatic hydroxyl groups excluding tert-OH is 1. The molecule has 0 amide bonds. The van der Waals surface area contributed by atoms with Crippen molar-refractivity contribution >= 4 is 27.3 Å². The Morgan fingerprint density at radius 2 is 2.25 bits per heavy atom. The summed E-state index contributed by atoms with van der Waals surface area (Å²) in [6, 6.07) is 6.04. The molecule has 1 unspecified atom stereocenters. The van der Waals surface area contributed by atoms with Gasteiger partial charge in [-0.3, -0.25) is 4.79 Å². The number of rotatable bonds is 0.